The van der Waals surface area contributed by atoms with Crippen LogP contribution in [0.5, 0.6) is 0 Å². The van der Waals surface area contributed by atoms with E-state index in [-0.39, 0.29) is 26.0 Å². The van der Waals surface area contributed by atoms with E-state index in [4.69, 9.17) is 4.74 Å². The van der Waals surface area contributed by atoms with E-state index in [0.717, 1.165) is 15.6 Å². The molecule has 0 bridgehead atoms. The molecule has 0 unspecified atom stereocenters. The number of aliphatic hydroxyl groups is 1. The highest BCUT2D eigenvalue weighted by molar-refractivity contribution is 9.10. The Balaban J connectivity index is 1.73. The molecule has 0 spiro atoms. The number of rotatable bonds is 10. The molecular formula is C21H23BrN2O6. The zero-order valence-electron chi connectivity index (χ0n) is 16.1. The normalized spacial score (nSPS) is 12.5. The van der Waals surface area contributed by atoms with Crippen LogP contribution in [0.2, 0.25) is 0 Å². The minimum absolute atomic E-state index is 0.0825. The topological polar surface area (TPSA) is 125 Å². The van der Waals surface area contributed by atoms with E-state index in [1.54, 1.807) is 30.3 Å². The van der Waals surface area contributed by atoms with Gasteiger partial charge in [-0.3, -0.25) is 4.79 Å². The first-order valence-electron chi connectivity index (χ1n) is 9.22. The van der Waals surface area contributed by atoms with E-state index in [0.29, 0.717) is 0 Å². The van der Waals surface area contributed by atoms with Crippen LogP contribution >= 0.6 is 15.9 Å². The maximum Gasteiger partial charge on any atom is 0.407 e. The highest BCUT2D eigenvalue weighted by Gasteiger charge is 2.22. The summed E-state index contributed by atoms with van der Waals surface area (Å²) in [5.41, 5.74) is 1.55. The Hall–Kier alpha value is -2.91. The molecule has 0 saturated heterocycles. The molecule has 30 heavy (non-hydrogen) atoms. The van der Waals surface area contributed by atoms with Gasteiger partial charge in [-0.15, -0.1) is 0 Å². The van der Waals surface area contributed by atoms with Crippen molar-refractivity contribution >= 4 is 33.9 Å². The summed E-state index contributed by atoms with van der Waals surface area (Å²) in [6, 6.07) is 15.1. The van der Waals surface area contributed by atoms with E-state index >= 15 is 0 Å². The largest absolute Gasteiger partial charge is 0.480 e. The lowest BCUT2D eigenvalue weighted by Crippen LogP contribution is -2.44. The van der Waals surface area contributed by atoms with Gasteiger partial charge in [0.2, 0.25) is 5.91 Å². The second kappa shape index (κ2) is 11.9. The smallest absolute Gasteiger partial charge is 0.407 e. The Morgan fingerprint density at radius 1 is 1.03 bits per heavy atom. The number of carboxylic acid groups (broad SMARTS) is 1. The molecule has 0 aliphatic heterocycles. The first-order chi connectivity index (χ1) is 14.3. The molecule has 2 amide bonds. The van der Waals surface area contributed by atoms with E-state index in [1.165, 1.54) is 0 Å². The maximum atomic E-state index is 12.1. The number of nitrogens with one attached hydrogen (secondary N) is 2. The lowest BCUT2D eigenvalue weighted by Gasteiger charge is -2.17. The maximum absolute atomic E-state index is 12.1. The quantitative estimate of drug-likeness (QED) is 0.414. The summed E-state index contributed by atoms with van der Waals surface area (Å²) in [5, 5.41) is 24.1. The summed E-state index contributed by atoms with van der Waals surface area (Å²) in [7, 11) is 0. The van der Waals surface area contributed by atoms with Crippen LogP contribution in [0.1, 0.15) is 17.5 Å². The molecule has 0 aromatic heterocycles. The zero-order valence-corrected chi connectivity index (χ0v) is 17.7. The molecular weight excluding hydrogens is 456 g/mol. The molecule has 160 valence electrons. The van der Waals surface area contributed by atoms with Crippen molar-refractivity contribution in [3.63, 3.8) is 0 Å². The first-order valence-corrected chi connectivity index (χ1v) is 10.0. The SMILES string of the molecule is O=C(C[C@H](O)CNC(=O)OCc1ccccc1)N[C@@H](Cc1cccc(Br)c1)C(=O)O. The van der Waals surface area contributed by atoms with Gasteiger partial charge in [0, 0.05) is 17.4 Å². The summed E-state index contributed by atoms with van der Waals surface area (Å²) in [4.78, 5) is 35.2. The number of carboxylic acids is 1. The van der Waals surface area contributed by atoms with Gasteiger partial charge in [0.15, 0.2) is 0 Å². The molecule has 9 heteroatoms. The van der Waals surface area contributed by atoms with Crippen LogP contribution in [-0.4, -0.2) is 46.9 Å². The van der Waals surface area contributed by atoms with Gasteiger partial charge in [-0.2, -0.15) is 0 Å². The molecule has 0 fully saturated rings. The van der Waals surface area contributed by atoms with Crippen LogP contribution in [0.3, 0.4) is 0 Å². The molecule has 0 aliphatic rings. The lowest BCUT2D eigenvalue weighted by atomic mass is 10.1. The van der Waals surface area contributed by atoms with E-state index < -0.39 is 30.1 Å². The highest BCUT2D eigenvalue weighted by Crippen LogP contribution is 2.13. The predicted molar refractivity (Wildman–Crippen MR) is 113 cm³/mol. The standard InChI is InChI=1S/C21H23BrN2O6/c22-16-8-4-7-15(9-16)10-18(20(27)28)24-19(26)11-17(25)12-23-21(29)30-13-14-5-2-1-3-6-14/h1-9,17-18,25H,10-13H2,(H,23,29)(H,24,26)(H,27,28)/t17-,18-/m0/s1. The minimum Gasteiger partial charge on any atom is -0.480 e. The highest BCUT2D eigenvalue weighted by atomic mass is 79.9. The third kappa shape index (κ3) is 8.62. The number of hydrogen-bond acceptors (Lipinski definition) is 5. The van der Waals surface area contributed by atoms with Crippen molar-refractivity contribution in [3.05, 3.63) is 70.2 Å². The second-order valence-electron chi connectivity index (χ2n) is 6.59. The third-order valence-electron chi connectivity index (χ3n) is 4.08. The number of hydrogen-bond donors (Lipinski definition) is 4. The van der Waals surface area contributed by atoms with Gasteiger partial charge in [0.25, 0.3) is 0 Å². The Morgan fingerprint density at radius 2 is 1.73 bits per heavy atom. The fraction of sp³-hybridized carbons (Fsp3) is 0.286. The molecule has 2 atom stereocenters. The van der Waals surface area contributed by atoms with Gasteiger partial charge >= 0.3 is 12.1 Å². The van der Waals surface area contributed by atoms with Gasteiger partial charge in [-0.25, -0.2) is 9.59 Å². The van der Waals surface area contributed by atoms with Crippen LogP contribution in [0.4, 0.5) is 4.79 Å². The average molecular weight is 479 g/mol. The van der Waals surface area contributed by atoms with Crippen molar-refractivity contribution in [1.82, 2.24) is 10.6 Å². The number of carbonyl (C=O) groups is 3. The van der Waals surface area contributed by atoms with Crippen LogP contribution < -0.4 is 10.6 Å². The molecule has 4 N–H and O–H groups in total. The van der Waals surface area contributed by atoms with Crippen molar-refractivity contribution in [2.45, 2.75) is 31.6 Å². The fourth-order valence-corrected chi connectivity index (χ4v) is 3.06. The molecule has 8 nitrogen and oxygen atoms in total. The van der Waals surface area contributed by atoms with Gasteiger partial charge < -0.3 is 25.6 Å². The first kappa shape index (κ1) is 23.4. The van der Waals surface area contributed by atoms with Crippen molar-refractivity contribution in [1.29, 1.82) is 0 Å². The third-order valence-corrected chi connectivity index (χ3v) is 4.57. The van der Waals surface area contributed by atoms with Gasteiger partial charge in [0.05, 0.1) is 12.5 Å². The Labute approximate surface area is 182 Å². The predicted octanol–water partition coefficient (Wildman–Crippen LogP) is 2.24. The Kier molecular flexibility index (Phi) is 9.30. The molecule has 0 radical (unpaired) electrons. The Morgan fingerprint density at radius 3 is 2.40 bits per heavy atom. The van der Waals surface area contributed by atoms with Gasteiger partial charge in [-0.1, -0.05) is 58.4 Å². The lowest BCUT2D eigenvalue weighted by molar-refractivity contribution is -0.142. The minimum atomic E-state index is -1.19. The van der Waals surface area contributed by atoms with E-state index in [1.807, 2.05) is 24.3 Å². The number of benzene rings is 2. The number of alkyl carbamates (subject to hydrolysis) is 1. The van der Waals surface area contributed by atoms with Crippen LogP contribution in [0.25, 0.3) is 0 Å². The van der Waals surface area contributed by atoms with Crippen LogP contribution in [0, 0.1) is 0 Å². The molecule has 0 heterocycles. The molecule has 0 aliphatic carbocycles. The van der Waals surface area contributed by atoms with Crippen molar-refractivity contribution in [3.8, 4) is 0 Å². The van der Waals surface area contributed by atoms with Crippen molar-refractivity contribution in [2.24, 2.45) is 0 Å². The second-order valence-corrected chi connectivity index (χ2v) is 7.51. The number of aliphatic carboxylic acids is 1. The molecule has 0 saturated carbocycles. The summed E-state index contributed by atoms with van der Waals surface area (Å²) < 4.78 is 5.81. The van der Waals surface area contributed by atoms with Crippen LogP contribution in [0.15, 0.2) is 59.1 Å². The fourth-order valence-electron chi connectivity index (χ4n) is 2.61. The average Bonchev–Trinajstić information content (AvgIpc) is 2.71. The number of amides is 2. The Bertz CT molecular complexity index is 862. The van der Waals surface area contributed by atoms with Crippen molar-refractivity contribution < 1.29 is 29.3 Å². The van der Waals surface area contributed by atoms with Gasteiger partial charge in [-0.05, 0) is 23.3 Å². The summed E-state index contributed by atoms with van der Waals surface area (Å²) in [6.45, 7) is -0.121. The molecule has 2 aromatic carbocycles. The molecule has 2 aromatic rings. The van der Waals surface area contributed by atoms with Gasteiger partial charge in [0.1, 0.15) is 12.6 Å². The van der Waals surface area contributed by atoms with Crippen molar-refractivity contribution in [2.75, 3.05) is 6.54 Å². The molecule has 2 rings (SSSR count). The summed E-state index contributed by atoms with van der Waals surface area (Å²) in [6.07, 6.45) is -2.17. The van der Waals surface area contributed by atoms with E-state index in [9.17, 15) is 24.6 Å². The zero-order chi connectivity index (χ0) is 21.9. The monoisotopic (exact) mass is 478 g/mol. The summed E-state index contributed by atoms with van der Waals surface area (Å²) in [5.74, 6) is -1.82. The number of halogens is 1. The van der Waals surface area contributed by atoms with Crippen LogP contribution in [-0.2, 0) is 27.4 Å². The number of carbonyl (C=O) groups excluding carboxylic acids is 2. The number of ether oxygens (including phenoxy) is 1. The van der Waals surface area contributed by atoms with E-state index in [2.05, 4.69) is 26.6 Å². The summed E-state index contributed by atoms with van der Waals surface area (Å²) >= 11 is 3.31. The number of aliphatic hydroxyl groups excluding tert-OH is 1.